The van der Waals surface area contributed by atoms with Crippen LogP contribution in [0.25, 0.3) is 22.2 Å². The highest BCUT2D eigenvalue weighted by Crippen LogP contribution is 2.42. The number of rotatable bonds is 4. The van der Waals surface area contributed by atoms with Gasteiger partial charge in [-0.1, -0.05) is 6.92 Å². The highest BCUT2D eigenvalue weighted by Gasteiger charge is 2.26. The highest BCUT2D eigenvalue weighted by atomic mass is 35.5. The molecule has 0 atom stereocenters. The van der Waals surface area contributed by atoms with Crippen molar-refractivity contribution in [1.29, 1.82) is 0 Å². The minimum atomic E-state index is -1.43. The molecular weight excluding hydrogens is 414 g/mol. The Hall–Kier alpha value is -2.42. The van der Waals surface area contributed by atoms with E-state index in [4.69, 9.17) is 0 Å². The van der Waals surface area contributed by atoms with Crippen molar-refractivity contribution in [3.05, 3.63) is 45.4 Å². The molecule has 3 aromatic rings. The fourth-order valence-corrected chi connectivity index (χ4v) is 4.76. The number of aromatic hydroxyl groups is 1. The van der Waals surface area contributed by atoms with E-state index < -0.39 is 22.8 Å². The summed E-state index contributed by atoms with van der Waals surface area (Å²) in [4.78, 5) is 27.4. The Bertz CT molecular complexity index is 1170. The second-order valence-electron chi connectivity index (χ2n) is 6.82. The molecule has 1 aromatic carbocycles. The van der Waals surface area contributed by atoms with Gasteiger partial charge in [0.25, 0.3) is 5.56 Å². The third-order valence-electron chi connectivity index (χ3n) is 5.18. The normalized spacial score (nSPS) is 12.8. The zero-order chi connectivity index (χ0) is 20.0. The number of carbonyl (C=O) groups is 1. The molecule has 1 aliphatic rings. The molecule has 29 heavy (non-hydrogen) atoms. The van der Waals surface area contributed by atoms with Crippen LogP contribution < -0.4 is 10.9 Å². The van der Waals surface area contributed by atoms with Crippen molar-refractivity contribution in [2.45, 2.75) is 24.8 Å². The number of benzene rings is 1. The Morgan fingerprint density at radius 3 is 2.79 bits per heavy atom. The first-order valence-electron chi connectivity index (χ1n) is 9.10. The molecular formula is C20H22ClN3O4S. The van der Waals surface area contributed by atoms with E-state index in [1.54, 1.807) is 11.8 Å². The largest absolute Gasteiger partial charge is 0.506 e. The number of carboxylic acid groups (broad SMARTS) is 1. The van der Waals surface area contributed by atoms with Crippen LogP contribution in [0.5, 0.6) is 5.75 Å². The maximum absolute atomic E-state index is 12.3. The number of thioether (sulfide) groups is 1. The second kappa shape index (κ2) is 8.14. The quantitative estimate of drug-likeness (QED) is 0.501. The van der Waals surface area contributed by atoms with Crippen LogP contribution in [0.3, 0.4) is 0 Å². The van der Waals surface area contributed by atoms with E-state index in [0.29, 0.717) is 23.4 Å². The number of H-pyrrole nitrogens is 1. The first-order valence-corrected chi connectivity index (χ1v) is 10.1. The zero-order valence-corrected chi connectivity index (χ0v) is 17.7. The van der Waals surface area contributed by atoms with E-state index in [9.17, 15) is 19.8 Å². The number of aromatic nitrogens is 2. The first kappa shape index (κ1) is 21.3. The van der Waals surface area contributed by atoms with E-state index in [0.717, 1.165) is 40.1 Å². The lowest BCUT2D eigenvalue weighted by molar-refractivity contribution is 0.0691. The fourth-order valence-electron chi connectivity index (χ4n) is 3.72. The number of aromatic amines is 1. The van der Waals surface area contributed by atoms with Crippen LogP contribution in [0.4, 0.5) is 0 Å². The molecule has 9 heteroatoms. The lowest BCUT2D eigenvalue weighted by Crippen LogP contribution is -2.20. The number of aryl methyl sites for hydroxylation is 1. The third-order valence-corrected chi connectivity index (χ3v) is 6.24. The molecule has 0 saturated heterocycles. The smallest absolute Gasteiger partial charge is 0.345 e. The molecule has 4 N–H and O–H groups in total. The molecule has 0 spiro atoms. The van der Waals surface area contributed by atoms with Crippen LogP contribution in [0, 0.1) is 0 Å². The van der Waals surface area contributed by atoms with Crippen LogP contribution in [0.15, 0.2) is 27.9 Å². The van der Waals surface area contributed by atoms with Crippen LogP contribution >= 0.6 is 24.2 Å². The van der Waals surface area contributed by atoms with Crippen molar-refractivity contribution in [2.75, 3.05) is 12.3 Å². The van der Waals surface area contributed by atoms with Gasteiger partial charge in [0.2, 0.25) is 0 Å². The Balaban J connectivity index is 0.00000240. The maximum atomic E-state index is 12.3. The lowest BCUT2D eigenvalue weighted by atomic mass is 9.99. The minimum Gasteiger partial charge on any atom is -0.506 e. The molecule has 2 aromatic heterocycles. The topological polar surface area (TPSA) is 107 Å². The first-order chi connectivity index (χ1) is 13.4. The van der Waals surface area contributed by atoms with Crippen molar-refractivity contribution in [1.82, 2.24) is 14.9 Å². The number of carboxylic acids is 1. The highest BCUT2D eigenvalue weighted by molar-refractivity contribution is 7.99. The van der Waals surface area contributed by atoms with E-state index in [1.807, 2.05) is 13.1 Å². The average Bonchev–Trinajstić information content (AvgIpc) is 2.83. The number of aromatic carboxylic acids is 1. The number of nitrogens with one attached hydrogen (secondary N) is 2. The Morgan fingerprint density at radius 1 is 1.34 bits per heavy atom. The van der Waals surface area contributed by atoms with Gasteiger partial charge in [0.05, 0.1) is 5.69 Å². The summed E-state index contributed by atoms with van der Waals surface area (Å²) in [5, 5.41) is 24.1. The van der Waals surface area contributed by atoms with E-state index in [1.165, 1.54) is 0 Å². The number of hydrogen-bond donors (Lipinski definition) is 4. The second-order valence-corrected chi connectivity index (χ2v) is 7.95. The summed E-state index contributed by atoms with van der Waals surface area (Å²) in [7, 11) is 2.03. The predicted molar refractivity (Wildman–Crippen MR) is 117 cm³/mol. The number of pyridine rings is 1. The van der Waals surface area contributed by atoms with Crippen LogP contribution in [0.2, 0.25) is 0 Å². The molecule has 1 aliphatic heterocycles. The SMILES string of the molecule is CCNCc1cc2cc3c(cc2n1C)SCCc1c-3[nH]c(=O)c(C(=O)O)c1O.Cl. The van der Waals surface area contributed by atoms with Crippen molar-refractivity contribution in [2.24, 2.45) is 7.05 Å². The van der Waals surface area contributed by atoms with Crippen LogP contribution in [0.1, 0.15) is 28.5 Å². The standard InChI is InChI=1S/C20H21N3O4S.ClH/c1-3-21-9-11-6-10-7-13-15(8-14(10)23(11)2)28-5-4-12-17(13)22-19(25)16(18(12)24)20(26)27;/h6-8,21H,3-5,9H2,1-2H3,(H,26,27)(H2,22,24,25);1H. The van der Waals surface area contributed by atoms with Gasteiger partial charge in [0.1, 0.15) is 5.75 Å². The summed E-state index contributed by atoms with van der Waals surface area (Å²) in [5.74, 6) is -1.18. The third kappa shape index (κ3) is 3.52. The van der Waals surface area contributed by atoms with Gasteiger partial charge in [-0.3, -0.25) is 4.79 Å². The summed E-state index contributed by atoms with van der Waals surface area (Å²) >= 11 is 1.64. The molecule has 7 nitrogen and oxygen atoms in total. The van der Waals surface area contributed by atoms with Gasteiger partial charge in [-0.25, -0.2) is 4.79 Å². The molecule has 0 aliphatic carbocycles. The number of hydrogen-bond acceptors (Lipinski definition) is 5. The molecule has 0 unspecified atom stereocenters. The van der Waals surface area contributed by atoms with E-state index in [-0.39, 0.29) is 12.4 Å². The Morgan fingerprint density at radius 2 is 2.10 bits per heavy atom. The maximum Gasteiger partial charge on any atom is 0.345 e. The molecule has 0 bridgehead atoms. The van der Waals surface area contributed by atoms with Crippen molar-refractivity contribution in [3.63, 3.8) is 0 Å². The summed E-state index contributed by atoms with van der Waals surface area (Å²) in [5.41, 5.74) is 2.66. The number of fused-ring (bicyclic) bond motifs is 4. The van der Waals surface area contributed by atoms with Gasteiger partial charge in [-0.2, -0.15) is 0 Å². The molecule has 0 amide bonds. The van der Waals surface area contributed by atoms with Gasteiger partial charge in [0.15, 0.2) is 5.56 Å². The molecule has 3 heterocycles. The Kier molecular flexibility index (Phi) is 5.97. The van der Waals surface area contributed by atoms with Crippen LogP contribution in [-0.4, -0.2) is 38.0 Å². The lowest BCUT2D eigenvalue weighted by Gasteiger charge is -2.12. The summed E-state index contributed by atoms with van der Waals surface area (Å²) in [6.07, 6.45) is 0.472. The van der Waals surface area contributed by atoms with Gasteiger partial charge in [0, 0.05) is 52.0 Å². The van der Waals surface area contributed by atoms with E-state index in [2.05, 4.69) is 33.9 Å². The van der Waals surface area contributed by atoms with Crippen molar-refractivity contribution >= 4 is 41.0 Å². The average molecular weight is 436 g/mol. The zero-order valence-electron chi connectivity index (χ0n) is 16.0. The fraction of sp³-hybridized carbons (Fsp3) is 0.300. The number of nitrogens with zero attached hydrogens (tertiary/aromatic N) is 1. The summed E-state index contributed by atoms with van der Waals surface area (Å²) in [6.45, 7) is 3.70. The molecule has 4 rings (SSSR count). The molecule has 0 radical (unpaired) electrons. The Labute approximate surface area is 177 Å². The van der Waals surface area contributed by atoms with Gasteiger partial charge < -0.3 is 25.1 Å². The van der Waals surface area contributed by atoms with Crippen LogP contribution in [-0.2, 0) is 20.0 Å². The summed E-state index contributed by atoms with van der Waals surface area (Å²) in [6, 6.07) is 6.21. The van der Waals surface area contributed by atoms with Gasteiger partial charge >= 0.3 is 5.97 Å². The van der Waals surface area contributed by atoms with Gasteiger partial charge in [-0.05, 0) is 31.2 Å². The monoisotopic (exact) mass is 435 g/mol. The minimum absolute atomic E-state index is 0. The van der Waals surface area contributed by atoms with Gasteiger partial charge in [-0.15, -0.1) is 24.2 Å². The number of halogens is 1. The molecule has 0 saturated carbocycles. The van der Waals surface area contributed by atoms with Crippen molar-refractivity contribution < 1.29 is 15.0 Å². The van der Waals surface area contributed by atoms with E-state index >= 15 is 0 Å². The molecule has 0 fully saturated rings. The summed E-state index contributed by atoms with van der Waals surface area (Å²) < 4.78 is 2.15. The molecule has 154 valence electrons. The predicted octanol–water partition coefficient (Wildman–Crippen LogP) is 3.12. The van der Waals surface area contributed by atoms with Crippen molar-refractivity contribution in [3.8, 4) is 17.0 Å².